The fourth-order valence-electron chi connectivity index (χ4n) is 3.53. The van der Waals surface area contributed by atoms with E-state index in [9.17, 15) is 5.26 Å². The van der Waals surface area contributed by atoms with Crippen LogP contribution in [0.3, 0.4) is 0 Å². The summed E-state index contributed by atoms with van der Waals surface area (Å²) in [5.74, 6) is 1.31. The van der Waals surface area contributed by atoms with E-state index in [0.29, 0.717) is 22.4 Å². The van der Waals surface area contributed by atoms with Gasteiger partial charge in [0.05, 0.1) is 16.7 Å². The molecule has 2 rings (SSSR count). The minimum absolute atomic E-state index is 0.176. The average Bonchev–Trinajstić information content (AvgIpc) is 3.37. The lowest BCUT2D eigenvalue weighted by molar-refractivity contribution is 0.843. The number of hydrogen-bond acceptors (Lipinski definition) is 2. The Bertz CT molecular complexity index is 880. The van der Waals surface area contributed by atoms with Gasteiger partial charge in [-0.25, -0.2) is 0 Å². The van der Waals surface area contributed by atoms with Gasteiger partial charge in [0.1, 0.15) is 0 Å². The molecule has 0 aromatic heterocycles. The highest BCUT2D eigenvalue weighted by molar-refractivity contribution is 6.35. The number of rotatable bonds is 6. The van der Waals surface area contributed by atoms with Crippen LogP contribution in [0.2, 0.25) is 0 Å². The van der Waals surface area contributed by atoms with Crippen LogP contribution in [0.1, 0.15) is 56.7 Å². The van der Waals surface area contributed by atoms with Crippen LogP contribution in [0.4, 0.5) is 0 Å². The normalized spacial score (nSPS) is 22.0. The summed E-state index contributed by atoms with van der Waals surface area (Å²) in [5.41, 5.74) is 7.12. The number of aryl methyl sites for hydroxylation is 1. The first kappa shape index (κ1) is 21.2. The Kier molecular flexibility index (Phi) is 6.84. The number of nitrogens with zero attached hydrogens (tertiary/aromatic N) is 2. The molecule has 3 unspecified atom stereocenters. The monoisotopic (exact) mass is 380 g/mol. The number of benzene rings is 1. The van der Waals surface area contributed by atoms with Gasteiger partial charge in [0.2, 0.25) is 0 Å². The van der Waals surface area contributed by atoms with Crippen molar-refractivity contribution in [3.8, 4) is 6.07 Å². The minimum atomic E-state index is 0.176. The van der Waals surface area contributed by atoms with E-state index in [1.807, 2.05) is 32.0 Å². The molecular formula is C24H29ClN2. The van der Waals surface area contributed by atoms with Gasteiger partial charge in [0.25, 0.3) is 0 Å². The average molecular weight is 381 g/mol. The molecule has 1 aliphatic carbocycles. The quantitative estimate of drug-likeness (QED) is 0.399. The zero-order chi connectivity index (χ0) is 20.3. The second-order valence-corrected chi connectivity index (χ2v) is 8.07. The zero-order valence-electron chi connectivity index (χ0n) is 17.2. The third-order valence-electron chi connectivity index (χ3n) is 5.42. The summed E-state index contributed by atoms with van der Waals surface area (Å²) >= 11 is 6.69. The van der Waals surface area contributed by atoms with Crippen LogP contribution in [-0.2, 0) is 0 Å². The van der Waals surface area contributed by atoms with Gasteiger partial charge in [0.15, 0.2) is 0 Å². The molecule has 1 aromatic carbocycles. The van der Waals surface area contributed by atoms with E-state index in [1.54, 1.807) is 7.05 Å². The lowest BCUT2D eigenvalue weighted by Gasteiger charge is -2.19. The van der Waals surface area contributed by atoms with E-state index >= 15 is 0 Å². The van der Waals surface area contributed by atoms with Crippen molar-refractivity contribution in [2.24, 2.45) is 16.8 Å². The van der Waals surface area contributed by atoms with Gasteiger partial charge >= 0.3 is 0 Å². The molecular weight excluding hydrogens is 352 g/mol. The Balaban J connectivity index is 2.61. The molecule has 0 spiro atoms. The van der Waals surface area contributed by atoms with Gasteiger partial charge in [-0.05, 0) is 79.4 Å². The van der Waals surface area contributed by atoms with Gasteiger partial charge in [-0.2, -0.15) is 5.26 Å². The molecule has 1 aromatic rings. The van der Waals surface area contributed by atoms with Crippen molar-refractivity contribution in [3.05, 3.63) is 69.3 Å². The van der Waals surface area contributed by atoms with Crippen LogP contribution in [0.25, 0.3) is 0 Å². The van der Waals surface area contributed by atoms with Crippen LogP contribution in [0, 0.1) is 30.1 Å². The highest BCUT2D eigenvalue weighted by atomic mass is 35.5. The summed E-state index contributed by atoms with van der Waals surface area (Å²) in [5, 5.41) is 9.95. The molecule has 2 nitrogen and oxygen atoms in total. The van der Waals surface area contributed by atoms with E-state index in [1.165, 1.54) is 16.7 Å². The summed E-state index contributed by atoms with van der Waals surface area (Å²) in [7, 11) is 1.80. The first-order valence-corrected chi connectivity index (χ1v) is 9.81. The lowest BCUT2D eigenvalue weighted by atomic mass is 9.87. The maximum absolute atomic E-state index is 9.26. The molecule has 1 saturated carbocycles. The topological polar surface area (TPSA) is 36.1 Å². The van der Waals surface area contributed by atoms with Crippen LogP contribution in [0.5, 0.6) is 0 Å². The third-order valence-corrected chi connectivity index (χ3v) is 5.93. The van der Waals surface area contributed by atoms with Crippen molar-refractivity contribution in [2.45, 2.75) is 47.0 Å². The predicted octanol–water partition coefficient (Wildman–Crippen LogP) is 6.71. The molecule has 0 amide bonds. The smallest absolute Gasteiger partial charge is 0.0991 e. The van der Waals surface area contributed by atoms with Gasteiger partial charge in [-0.1, -0.05) is 44.2 Å². The van der Waals surface area contributed by atoms with Crippen molar-refractivity contribution in [1.82, 2.24) is 0 Å². The second kappa shape index (κ2) is 8.72. The van der Waals surface area contributed by atoms with Crippen molar-refractivity contribution >= 4 is 17.3 Å². The standard InChI is InChI=1S/C24H29ClN2/c1-14(2)24(25)23(18(6)27-7)22(21-10-17(21)5)11-16(4)20-12-19(13-26)9-8-15(20)3/h8-9,11-12,16-17,21H,1,10H2,2-7H3/b22-11-,24-23-,27-18-. The lowest BCUT2D eigenvalue weighted by Crippen LogP contribution is -2.08. The number of halogens is 1. The molecule has 0 aliphatic heterocycles. The first-order chi connectivity index (χ1) is 12.7. The van der Waals surface area contributed by atoms with E-state index in [-0.39, 0.29) is 5.92 Å². The highest BCUT2D eigenvalue weighted by Gasteiger charge is 2.38. The summed E-state index contributed by atoms with van der Waals surface area (Å²) in [6, 6.07) is 8.13. The Morgan fingerprint density at radius 3 is 2.52 bits per heavy atom. The maximum atomic E-state index is 9.26. The SMILES string of the molecule is C=C(C)/C(Cl)=C(C(=C\C(C)c1cc(C#N)ccc1C)/C1CC1C)\C(C)=N/C. The molecule has 1 fully saturated rings. The minimum Gasteiger partial charge on any atom is -0.293 e. The van der Waals surface area contributed by atoms with Crippen LogP contribution < -0.4 is 0 Å². The Hall–Kier alpha value is -2.11. The number of aliphatic imine (C=N–C) groups is 1. The van der Waals surface area contributed by atoms with E-state index in [0.717, 1.165) is 23.3 Å². The summed E-state index contributed by atoms with van der Waals surface area (Å²) < 4.78 is 0. The molecule has 0 bridgehead atoms. The molecule has 3 heteroatoms. The van der Waals surface area contributed by atoms with Gasteiger partial charge in [-0.15, -0.1) is 0 Å². The van der Waals surface area contributed by atoms with Crippen molar-refractivity contribution < 1.29 is 0 Å². The van der Waals surface area contributed by atoms with Gasteiger partial charge < -0.3 is 0 Å². The van der Waals surface area contributed by atoms with Crippen molar-refractivity contribution in [3.63, 3.8) is 0 Å². The van der Waals surface area contributed by atoms with Crippen molar-refractivity contribution in [1.29, 1.82) is 5.26 Å². The fraction of sp³-hybridized carbons (Fsp3) is 0.417. The van der Waals surface area contributed by atoms with E-state index in [2.05, 4.69) is 44.5 Å². The van der Waals surface area contributed by atoms with Crippen LogP contribution in [0.15, 0.2) is 57.6 Å². The Morgan fingerprint density at radius 1 is 1.41 bits per heavy atom. The summed E-state index contributed by atoms with van der Waals surface area (Å²) in [6.07, 6.45) is 3.48. The maximum Gasteiger partial charge on any atom is 0.0991 e. The predicted molar refractivity (Wildman–Crippen MR) is 116 cm³/mol. The molecule has 142 valence electrons. The number of hydrogen-bond donors (Lipinski definition) is 0. The molecule has 0 saturated heterocycles. The van der Waals surface area contributed by atoms with Crippen molar-refractivity contribution in [2.75, 3.05) is 7.05 Å². The largest absolute Gasteiger partial charge is 0.293 e. The van der Waals surface area contributed by atoms with E-state index < -0.39 is 0 Å². The summed E-state index contributed by atoms with van der Waals surface area (Å²) in [6.45, 7) is 14.5. The van der Waals surface area contributed by atoms with Crippen LogP contribution >= 0.6 is 11.6 Å². The van der Waals surface area contributed by atoms with Gasteiger partial charge in [-0.3, -0.25) is 4.99 Å². The van der Waals surface area contributed by atoms with E-state index in [4.69, 9.17) is 11.6 Å². The number of nitriles is 1. The third kappa shape index (κ3) is 4.79. The number of allylic oxidation sites excluding steroid dienone is 5. The molecule has 0 N–H and O–H groups in total. The fourth-order valence-corrected chi connectivity index (χ4v) is 3.77. The van der Waals surface area contributed by atoms with Gasteiger partial charge in [0, 0.05) is 18.3 Å². The molecule has 0 radical (unpaired) electrons. The summed E-state index contributed by atoms with van der Waals surface area (Å²) in [4.78, 5) is 4.42. The molecule has 0 heterocycles. The molecule has 1 aliphatic rings. The van der Waals surface area contributed by atoms with Crippen LogP contribution in [-0.4, -0.2) is 12.8 Å². The Morgan fingerprint density at radius 2 is 2.04 bits per heavy atom. The Labute approximate surface area is 169 Å². The highest BCUT2D eigenvalue weighted by Crippen LogP contribution is 2.48. The second-order valence-electron chi connectivity index (χ2n) is 7.69. The molecule has 27 heavy (non-hydrogen) atoms. The molecule has 3 atom stereocenters. The zero-order valence-corrected chi connectivity index (χ0v) is 18.0. The first-order valence-electron chi connectivity index (χ1n) is 9.43.